The summed E-state index contributed by atoms with van der Waals surface area (Å²) in [5, 5.41) is 18.8. The van der Waals surface area contributed by atoms with Crippen molar-refractivity contribution < 1.29 is 24.4 Å². The quantitative estimate of drug-likeness (QED) is 0.785. The Morgan fingerprint density at radius 1 is 1.06 bits per heavy atom. The molecule has 1 rings (SSSR count). The zero-order chi connectivity index (χ0) is 12.1. The normalized spacial score (nSPS) is 10.0. The summed E-state index contributed by atoms with van der Waals surface area (Å²) >= 11 is 0. The monoisotopic (exact) mass is 228 g/mol. The van der Waals surface area contributed by atoms with E-state index >= 15 is 0 Å². The highest BCUT2D eigenvalue weighted by atomic mass is 16.5. The molecule has 0 heterocycles. The van der Waals surface area contributed by atoms with Crippen molar-refractivity contribution in [3.05, 3.63) is 11.6 Å². The molecule has 16 heavy (non-hydrogen) atoms. The van der Waals surface area contributed by atoms with Crippen LogP contribution in [0.25, 0.3) is 0 Å². The van der Waals surface area contributed by atoms with Gasteiger partial charge in [0.2, 0.25) is 0 Å². The van der Waals surface area contributed by atoms with Crippen LogP contribution in [0, 0.1) is 0 Å². The van der Waals surface area contributed by atoms with Gasteiger partial charge in [-0.15, -0.1) is 0 Å². The maximum Gasteiger partial charge on any atom is 0.167 e. The summed E-state index contributed by atoms with van der Waals surface area (Å²) in [5.41, 5.74) is 0.473. The molecule has 0 fully saturated rings. The van der Waals surface area contributed by atoms with E-state index in [0.29, 0.717) is 22.8 Å². The van der Waals surface area contributed by atoms with Gasteiger partial charge >= 0.3 is 0 Å². The Hall–Kier alpha value is -1.62. The zero-order valence-electron chi connectivity index (χ0n) is 9.61. The molecule has 0 radical (unpaired) electrons. The van der Waals surface area contributed by atoms with Crippen LogP contribution in [0.15, 0.2) is 6.07 Å². The molecule has 1 aromatic carbocycles. The smallest absolute Gasteiger partial charge is 0.167 e. The number of ether oxygens (including phenoxy) is 3. The van der Waals surface area contributed by atoms with Crippen molar-refractivity contribution in [3.63, 3.8) is 0 Å². The van der Waals surface area contributed by atoms with E-state index in [2.05, 4.69) is 0 Å². The van der Waals surface area contributed by atoms with Crippen LogP contribution in [0.5, 0.6) is 23.0 Å². The van der Waals surface area contributed by atoms with E-state index in [1.165, 1.54) is 27.4 Å². The average Bonchev–Trinajstić information content (AvgIpc) is 2.31. The first kappa shape index (κ1) is 12.4. The maximum absolute atomic E-state index is 9.88. The van der Waals surface area contributed by atoms with Crippen molar-refractivity contribution in [1.82, 2.24) is 0 Å². The third kappa shape index (κ3) is 2.14. The highest BCUT2D eigenvalue weighted by molar-refractivity contribution is 5.60. The minimum atomic E-state index is -0.0970. The highest BCUT2D eigenvalue weighted by Crippen LogP contribution is 2.43. The largest absolute Gasteiger partial charge is 0.504 e. The lowest BCUT2D eigenvalue weighted by atomic mass is 10.1. The SMILES string of the molecule is COc1cc(OC)c(OC)c(CCO)c1O. The van der Waals surface area contributed by atoms with Crippen molar-refractivity contribution >= 4 is 0 Å². The van der Waals surface area contributed by atoms with Crippen molar-refractivity contribution in [1.29, 1.82) is 0 Å². The van der Waals surface area contributed by atoms with Gasteiger partial charge in [0, 0.05) is 24.7 Å². The van der Waals surface area contributed by atoms with Crippen LogP contribution in [-0.4, -0.2) is 38.1 Å². The standard InChI is InChI=1S/C11H16O5/c1-14-8-6-9(15-2)11(16-3)7(4-5-12)10(8)13/h6,12-13H,4-5H2,1-3H3. The molecule has 0 spiro atoms. The summed E-state index contributed by atoms with van der Waals surface area (Å²) in [5.74, 6) is 1.13. The number of aromatic hydroxyl groups is 1. The number of benzene rings is 1. The van der Waals surface area contributed by atoms with Crippen molar-refractivity contribution in [2.75, 3.05) is 27.9 Å². The van der Waals surface area contributed by atoms with Crippen LogP contribution in [-0.2, 0) is 6.42 Å². The zero-order valence-corrected chi connectivity index (χ0v) is 9.61. The Labute approximate surface area is 94.2 Å². The summed E-state index contributed by atoms with van der Waals surface area (Å²) in [7, 11) is 4.42. The molecule has 0 amide bonds. The van der Waals surface area contributed by atoms with Gasteiger partial charge in [-0.2, -0.15) is 0 Å². The minimum Gasteiger partial charge on any atom is -0.504 e. The molecule has 0 atom stereocenters. The van der Waals surface area contributed by atoms with Gasteiger partial charge in [0.05, 0.1) is 21.3 Å². The first-order valence-electron chi connectivity index (χ1n) is 4.81. The Balaban J connectivity index is 3.38. The summed E-state index contributed by atoms with van der Waals surface area (Å²) < 4.78 is 15.3. The Morgan fingerprint density at radius 3 is 2.12 bits per heavy atom. The van der Waals surface area contributed by atoms with Gasteiger partial charge in [-0.3, -0.25) is 0 Å². The molecule has 5 heteroatoms. The molecule has 2 N–H and O–H groups in total. The molecule has 1 aromatic rings. The Morgan fingerprint density at radius 2 is 1.69 bits per heavy atom. The van der Waals surface area contributed by atoms with Gasteiger partial charge < -0.3 is 24.4 Å². The number of aliphatic hydroxyl groups excluding tert-OH is 1. The van der Waals surface area contributed by atoms with Crippen LogP contribution in [0.3, 0.4) is 0 Å². The van der Waals surface area contributed by atoms with Gasteiger partial charge in [0.25, 0.3) is 0 Å². The van der Waals surface area contributed by atoms with Crippen molar-refractivity contribution in [3.8, 4) is 23.0 Å². The molecule has 0 saturated heterocycles. The van der Waals surface area contributed by atoms with Crippen molar-refractivity contribution in [2.45, 2.75) is 6.42 Å². The third-order valence-electron chi connectivity index (χ3n) is 2.29. The summed E-state index contributed by atoms with van der Waals surface area (Å²) in [6.45, 7) is -0.0970. The fourth-order valence-electron chi connectivity index (χ4n) is 1.53. The van der Waals surface area contributed by atoms with Crippen LogP contribution >= 0.6 is 0 Å². The fourth-order valence-corrected chi connectivity index (χ4v) is 1.53. The molecule has 0 bridgehead atoms. The predicted octanol–water partition coefficient (Wildman–Crippen LogP) is 0.953. The number of hydrogen-bond acceptors (Lipinski definition) is 5. The number of hydrogen-bond donors (Lipinski definition) is 2. The predicted molar refractivity (Wildman–Crippen MR) is 58.6 cm³/mol. The topological polar surface area (TPSA) is 68.2 Å². The molecule has 0 aliphatic rings. The van der Waals surface area contributed by atoms with Gasteiger partial charge in [0.1, 0.15) is 0 Å². The van der Waals surface area contributed by atoms with Crippen LogP contribution < -0.4 is 14.2 Å². The van der Waals surface area contributed by atoms with Gasteiger partial charge in [0.15, 0.2) is 23.0 Å². The second-order valence-corrected chi connectivity index (χ2v) is 3.12. The number of rotatable bonds is 5. The maximum atomic E-state index is 9.88. The van der Waals surface area contributed by atoms with E-state index in [1.807, 2.05) is 0 Å². The molecule has 0 aromatic heterocycles. The first-order valence-corrected chi connectivity index (χ1v) is 4.81. The molecule has 5 nitrogen and oxygen atoms in total. The van der Waals surface area contributed by atoms with E-state index in [9.17, 15) is 5.11 Å². The molecular weight excluding hydrogens is 212 g/mol. The molecule has 0 saturated carbocycles. The molecule has 0 aliphatic heterocycles. The van der Waals surface area contributed by atoms with E-state index in [4.69, 9.17) is 19.3 Å². The first-order chi connectivity index (χ1) is 7.69. The lowest BCUT2D eigenvalue weighted by Gasteiger charge is -2.16. The van der Waals surface area contributed by atoms with E-state index in [1.54, 1.807) is 0 Å². The lowest BCUT2D eigenvalue weighted by molar-refractivity contribution is 0.288. The second kappa shape index (κ2) is 5.46. The van der Waals surface area contributed by atoms with E-state index in [0.717, 1.165) is 0 Å². The summed E-state index contributed by atoms with van der Waals surface area (Å²) in [6.07, 6.45) is 0.266. The van der Waals surface area contributed by atoms with E-state index in [-0.39, 0.29) is 18.8 Å². The van der Waals surface area contributed by atoms with Crippen LogP contribution in [0.1, 0.15) is 5.56 Å². The van der Waals surface area contributed by atoms with Gasteiger partial charge in [-0.25, -0.2) is 0 Å². The number of methoxy groups -OCH3 is 3. The van der Waals surface area contributed by atoms with E-state index < -0.39 is 0 Å². The highest BCUT2D eigenvalue weighted by Gasteiger charge is 2.19. The Kier molecular flexibility index (Phi) is 4.25. The molecule has 0 unspecified atom stereocenters. The van der Waals surface area contributed by atoms with Crippen LogP contribution in [0.4, 0.5) is 0 Å². The van der Waals surface area contributed by atoms with Crippen molar-refractivity contribution in [2.24, 2.45) is 0 Å². The lowest BCUT2D eigenvalue weighted by Crippen LogP contribution is -2.01. The molecule has 90 valence electrons. The molecule has 0 aliphatic carbocycles. The minimum absolute atomic E-state index is 0.0331. The van der Waals surface area contributed by atoms with Gasteiger partial charge in [-0.1, -0.05) is 0 Å². The molecular formula is C11H16O5. The number of phenolic OH excluding ortho intramolecular Hbond substituents is 1. The second-order valence-electron chi connectivity index (χ2n) is 3.12. The fraction of sp³-hybridized carbons (Fsp3) is 0.455. The van der Waals surface area contributed by atoms with Crippen LogP contribution in [0.2, 0.25) is 0 Å². The summed E-state index contributed by atoms with van der Waals surface area (Å²) in [6, 6.07) is 1.54. The Bertz CT molecular complexity index is 362. The number of phenols is 1. The third-order valence-corrected chi connectivity index (χ3v) is 2.29. The van der Waals surface area contributed by atoms with Gasteiger partial charge in [-0.05, 0) is 0 Å². The number of aliphatic hydroxyl groups is 1. The average molecular weight is 228 g/mol. The summed E-state index contributed by atoms with van der Waals surface area (Å²) in [4.78, 5) is 0.